The van der Waals surface area contributed by atoms with Gasteiger partial charge in [-0.15, -0.1) is 0 Å². The van der Waals surface area contributed by atoms with Crippen molar-refractivity contribution in [3.05, 3.63) is 121 Å². The number of aldehydes is 1. The first kappa shape index (κ1) is 34.8. The summed E-state index contributed by atoms with van der Waals surface area (Å²) in [4.78, 5) is 11.5. The lowest BCUT2D eigenvalue weighted by molar-refractivity contribution is -0.108. The molecule has 0 saturated heterocycles. The molecule has 4 aromatic carbocycles. The van der Waals surface area contributed by atoms with E-state index in [2.05, 4.69) is 170 Å². The highest BCUT2D eigenvalue weighted by atomic mass is 28.4. The van der Waals surface area contributed by atoms with Crippen LogP contribution in [0.5, 0.6) is 0 Å². The Kier molecular flexibility index (Phi) is 11.6. The largest absolute Gasteiger partial charge is 0.407 e. The zero-order valence-electron chi connectivity index (χ0n) is 28.3. The molecule has 0 saturated carbocycles. The van der Waals surface area contributed by atoms with Crippen molar-refractivity contribution in [1.82, 2.24) is 0 Å². The first-order chi connectivity index (χ1) is 21.5. The normalized spacial score (nSPS) is 14.1. The van der Waals surface area contributed by atoms with Crippen molar-refractivity contribution in [1.29, 1.82) is 0 Å². The number of rotatable bonds is 14. The first-order valence-corrected chi connectivity index (χ1v) is 20.3. The Hall–Kier alpha value is -3.10. The van der Waals surface area contributed by atoms with Crippen LogP contribution in [0.4, 0.5) is 0 Å². The van der Waals surface area contributed by atoms with Gasteiger partial charge in [-0.1, -0.05) is 170 Å². The van der Waals surface area contributed by atoms with Gasteiger partial charge < -0.3 is 13.6 Å². The van der Waals surface area contributed by atoms with Crippen molar-refractivity contribution in [2.75, 3.05) is 6.61 Å². The monoisotopic (exact) mass is 636 g/mol. The molecule has 0 unspecified atom stereocenters. The van der Waals surface area contributed by atoms with E-state index in [0.29, 0.717) is 13.0 Å². The molecule has 45 heavy (non-hydrogen) atoms. The molecule has 3 nitrogen and oxygen atoms in total. The standard InChI is InChI=1S/C40H52O3Si2/c1-33(32-42-44(39(2,3)4,34-22-12-8-13-23-34)35-24-14-9-15-25-35)38(30-20-21-31-41)43-45(40(5,6)7,36-26-16-10-17-27-36)37-28-18-11-19-29-37/h8-19,22-29,31,33,38H,20-21,30,32H2,1-7H3/t33-,38-/m0/s1. The van der Waals surface area contributed by atoms with E-state index in [1.54, 1.807) is 0 Å². The van der Waals surface area contributed by atoms with Crippen molar-refractivity contribution < 1.29 is 13.6 Å². The van der Waals surface area contributed by atoms with Crippen LogP contribution in [-0.4, -0.2) is 35.6 Å². The van der Waals surface area contributed by atoms with Crippen LogP contribution in [-0.2, 0) is 13.6 Å². The molecule has 4 aromatic rings. The Labute approximate surface area is 274 Å². The lowest BCUT2D eigenvalue weighted by atomic mass is 10.0. The fourth-order valence-electron chi connectivity index (χ4n) is 6.91. The average Bonchev–Trinajstić information content (AvgIpc) is 3.03. The summed E-state index contributed by atoms with van der Waals surface area (Å²) in [6, 6.07) is 43.3. The number of carbonyl (C=O) groups excluding carboxylic acids is 1. The summed E-state index contributed by atoms with van der Waals surface area (Å²) in [7, 11) is -5.53. The van der Waals surface area contributed by atoms with Crippen LogP contribution in [0.25, 0.3) is 0 Å². The zero-order valence-corrected chi connectivity index (χ0v) is 30.3. The predicted octanol–water partition coefficient (Wildman–Crippen LogP) is 7.51. The van der Waals surface area contributed by atoms with E-state index in [-0.39, 0.29) is 22.1 Å². The SMILES string of the molecule is C[C@@H](CO[Si](c1ccccc1)(c1ccccc1)C(C)(C)C)[C@H](CCCC=O)O[Si](c1ccccc1)(c1ccccc1)C(C)(C)C. The van der Waals surface area contributed by atoms with Crippen LogP contribution in [0.15, 0.2) is 121 Å². The van der Waals surface area contributed by atoms with E-state index in [1.807, 2.05) is 0 Å². The minimum atomic E-state index is -2.81. The van der Waals surface area contributed by atoms with Crippen molar-refractivity contribution in [3.8, 4) is 0 Å². The summed E-state index contributed by atoms with van der Waals surface area (Å²) in [5.41, 5.74) is 0. The minimum Gasteiger partial charge on any atom is -0.407 e. The van der Waals surface area contributed by atoms with E-state index in [0.717, 1.165) is 19.1 Å². The molecule has 0 fully saturated rings. The van der Waals surface area contributed by atoms with Crippen LogP contribution in [0, 0.1) is 5.92 Å². The van der Waals surface area contributed by atoms with Gasteiger partial charge in [0.2, 0.25) is 0 Å². The maximum Gasteiger partial charge on any atom is 0.261 e. The number of unbranched alkanes of at least 4 members (excludes halogenated alkanes) is 1. The third-order valence-electron chi connectivity index (χ3n) is 9.17. The molecule has 0 aromatic heterocycles. The molecule has 0 bridgehead atoms. The molecule has 238 valence electrons. The van der Waals surface area contributed by atoms with E-state index >= 15 is 0 Å². The van der Waals surface area contributed by atoms with Gasteiger partial charge in [0, 0.05) is 18.9 Å². The Morgan fingerprint density at radius 1 is 0.600 bits per heavy atom. The number of benzene rings is 4. The van der Waals surface area contributed by atoms with Crippen LogP contribution < -0.4 is 20.7 Å². The maximum absolute atomic E-state index is 11.5. The molecule has 5 heteroatoms. The lowest BCUT2D eigenvalue weighted by Crippen LogP contribution is -2.68. The molecule has 0 aliphatic rings. The maximum atomic E-state index is 11.5. The Morgan fingerprint density at radius 2 is 0.956 bits per heavy atom. The summed E-state index contributed by atoms with van der Waals surface area (Å²) in [5, 5.41) is 4.84. The highest BCUT2D eigenvalue weighted by Gasteiger charge is 2.53. The molecule has 0 aliphatic carbocycles. The topological polar surface area (TPSA) is 35.5 Å². The molecular formula is C40H52O3Si2. The quantitative estimate of drug-likeness (QED) is 0.0817. The average molecular weight is 637 g/mol. The fraction of sp³-hybridized carbons (Fsp3) is 0.375. The number of carbonyl (C=O) groups is 1. The van der Waals surface area contributed by atoms with Gasteiger partial charge in [-0.05, 0) is 43.7 Å². The van der Waals surface area contributed by atoms with Crippen LogP contribution in [0.2, 0.25) is 10.1 Å². The molecule has 0 heterocycles. The molecule has 2 atom stereocenters. The van der Waals surface area contributed by atoms with E-state index < -0.39 is 16.6 Å². The highest BCUT2D eigenvalue weighted by Crippen LogP contribution is 2.40. The lowest BCUT2D eigenvalue weighted by Gasteiger charge is -2.47. The Bertz CT molecular complexity index is 1370. The third kappa shape index (κ3) is 7.49. The Morgan fingerprint density at radius 3 is 1.29 bits per heavy atom. The molecule has 4 rings (SSSR count). The summed E-state index contributed by atoms with van der Waals surface area (Å²) in [5.74, 6) is 0.0972. The van der Waals surface area contributed by atoms with E-state index in [4.69, 9.17) is 8.85 Å². The van der Waals surface area contributed by atoms with Gasteiger partial charge in [-0.25, -0.2) is 0 Å². The molecule has 0 radical (unpaired) electrons. The van der Waals surface area contributed by atoms with Crippen LogP contribution in [0.3, 0.4) is 0 Å². The molecule has 0 amide bonds. The van der Waals surface area contributed by atoms with Gasteiger partial charge >= 0.3 is 0 Å². The van der Waals surface area contributed by atoms with E-state index in [9.17, 15) is 4.79 Å². The Balaban J connectivity index is 1.80. The van der Waals surface area contributed by atoms with E-state index in [1.165, 1.54) is 20.7 Å². The van der Waals surface area contributed by atoms with Crippen LogP contribution in [0.1, 0.15) is 67.7 Å². The second kappa shape index (κ2) is 15.0. The van der Waals surface area contributed by atoms with Crippen molar-refractivity contribution in [2.45, 2.75) is 83.9 Å². The first-order valence-electron chi connectivity index (χ1n) is 16.4. The van der Waals surface area contributed by atoms with Gasteiger partial charge in [-0.2, -0.15) is 0 Å². The smallest absolute Gasteiger partial charge is 0.261 e. The number of hydrogen-bond donors (Lipinski definition) is 0. The minimum absolute atomic E-state index is 0.0885. The van der Waals surface area contributed by atoms with Gasteiger partial charge in [-0.3, -0.25) is 0 Å². The molecule has 0 aliphatic heterocycles. The van der Waals surface area contributed by atoms with Gasteiger partial charge in [0.25, 0.3) is 16.6 Å². The molecular weight excluding hydrogens is 585 g/mol. The summed E-state index contributed by atoms with van der Waals surface area (Å²) >= 11 is 0. The highest BCUT2D eigenvalue weighted by molar-refractivity contribution is 7.00. The molecule has 0 N–H and O–H groups in total. The van der Waals surface area contributed by atoms with Gasteiger partial charge in [0.15, 0.2) is 0 Å². The van der Waals surface area contributed by atoms with Gasteiger partial charge in [0.05, 0.1) is 6.10 Å². The summed E-state index contributed by atoms with van der Waals surface area (Å²) in [6.07, 6.45) is 3.06. The second-order valence-electron chi connectivity index (χ2n) is 14.4. The second-order valence-corrected chi connectivity index (χ2v) is 22.9. The summed E-state index contributed by atoms with van der Waals surface area (Å²) < 4.78 is 15.1. The van der Waals surface area contributed by atoms with Crippen molar-refractivity contribution in [3.63, 3.8) is 0 Å². The molecule has 0 spiro atoms. The van der Waals surface area contributed by atoms with Crippen molar-refractivity contribution in [2.24, 2.45) is 5.92 Å². The third-order valence-corrected chi connectivity index (χ3v) is 19.2. The number of hydrogen-bond acceptors (Lipinski definition) is 3. The van der Waals surface area contributed by atoms with Gasteiger partial charge in [0.1, 0.15) is 6.29 Å². The van der Waals surface area contributed by atoms with Crippen LogP contribution >= 0.6 is 0 Å². The summed E-state index contributed by atoms with van der Waals surface area (Å²) in [6.45, 7) is 16.8. The zero-order chi connectivity index (χ0) is 32.6. The predicted molar refractivity (Wildman–Crippen MR) is 195 cm³/mol. The fourth-order valence-corrected chi connectivity index (χ4v) is 16.4. The van der Waals surface area contributed by atoms with Crippen molar-refractivity contribution >= 4 is 43.7 Å².